The van der Waals surface area contributed by atoms with Gasteiger partial charge in [0.15, 0.2) is 0 Å². The van der Waals surface area contributed by atoms with Gasteiger partial charge in [-0.05, 0) is 48.7 Å². The van der Waals surface area contributed by atoms with Gasteiger partial charge in [0.05, 0.1) is 0 Å². The smallest absolute Gasteiger partial charge is 0.00754 e. The fourth-order valence-corrected chi connectivity index (χ4v) is 5.34. The van der Waals surface area contributed by atoms with Gasteiger partial charge in [-0.1, -0.05) is 113 Å². The molecule has 0 rings (SSSR count). The molecule has 164 valence electrons. The van der Waals surface area contributed by atoms with Crippen molar-refractivity contribution in [3.63, 3.8) is 0 Å². The van der Waals surface area contributed by atoms with Gasteiger partial charge >= 0.3 is 0 Å². The van der Waals surface area contributed by atoms with Gasteiger partial charge in [0.1, 0.15) is 0 Å². The molecule has 0 nitrogen and oxygen atoms in total. The van der Waals surface area contributed by atoms with Crippen LogP contribution >= 0.6 is 11.8 Å². The molecule has 3 atom stereocenters. The maximum absolute atomic E-state index is 2.51. The van der Waals surface area contributed by atoms with Crippen LogP contribution in [0.3, 0.4) is 0 Å². The van der Waals surface area contributed by atoms with E-state index >= 15 is 0 Å². The van der Waals surface area contributed by atoms with E-state index in [9.17, 15) is 0 Å². The first-order valence-corrected chi connectivity index (χ1v) is 13.5. The lowest BCUT2D eigenvalue weighted by atomic mass is 9.75. The van der Waals surface area contributed by atoms with Gasteiger partial charge < -0.3 is 0 Å². The molecule has 0 aromatic rings. The molecule has 0 spiro atoms. The highest BCUT2D eigenvalue weighted by Crippen LogP contribution is 2.38. The molecule has 3 unspecified atom stereocenters. The van der Waals surface area contributed by atoms with E-state index in [-0.39, 0.29) is 0 Å². The number of hydrogen-bond acceptors (Lipinski definition) is 1. The maximum atomic E-state index is 2.51. The third-order valence-electron chi connectivity index (χ3n) is 6.47. The van der Waals surface area contributed by atoms with Crippen molar-refractivity contribution in [3.8, 4) is 0 Å². The molecular formula is C26H54S. The van der Waals surface area contributed by atoms with E-state index < -0.39 is 0 Å². The summed E-state index contributed by atoms with van der Waals surface area (Å²) in [5.74, 6) is 3.11. The Balaban J connectivity index is 4.74. The zero-order chi connectivity index (χ0) is 20.5. The molecule has 0 radical (unpaired) electrons. The molecule has 27 heavy (non-hydrogen) atoms. The van der Waals surface area contributed by atoms with Gasteiger partial charge in [0.2, 0.25) is 0 Å². The second kappa shape index (κ2) is 17.2. The van der Waals surface area contributed by atoms with Crippen molar-refractivity contribution in [2.75, 3.05) is 5.75 Å². The number of hydrogen-bond donors (Lipinski definition) is 0. The Morgan fingerprint density at radius 1 is 0.667 bits per heavy atom. The van der Waals surface area contributed by atoms with E-state index in [2.05, 4.69) is 60.2 Å². The molecule has 0 saturated carbocycles. The summed E-state index contributed by atoms with van der Waals surface area (Å²) in [6.45, 7) is 16.8. The average Bonchev–Trinajstić information content (AvgIpc) is 2.62. The maximum Gasteiger partial charge on any atom is 0.00754 e. The van der Waals surface area contributed by atoms with E-state index in [0.29, 0.717) is 5.41 Å². The first kappa shape index (κ1) is 27.4. The molecule has 0 aromatic heterocycles. The zero-order valence-corrected chi connectivity index (χ0v) is 21.1. The minimum atomic E-state index is 0.446. The van der Waals surface area contributed by atoms with Gasteiger partial charge in [-0.3, -0.25) is 0 Å². The summed E-state index contributed by atoms with van der Waals surface area (Å²) in [5.41, 5.74) is 0.446. The molecule has 0 aliphatic carbocycles. The molecule has 0 saturated heterocycles. The number of rotatable bonds is 18. The highest BCUT2D eigenvalue weighted by molar-refractivity contribution is 7.99. The van der Waals surface area contributed by atoms with E-state index in [1.54, 1.807) is 0 Å². The van der Waals surface area contributed by atoms with Crippen molar-refractivity contribution in [2.45, 2.75) is 144 Å². The van der Waals surface area contributed by atoms with Crippen LogP contribution in [0.4, 0.5) is 0 Å². The Kier molecular flexibility index (Phi) is 17.5. The Bertz CT molecular complexity index is 304. The lowest BCUT2D eigenvalue weighted by Gasteiger charge is -2.34. The van der Waals surface area contributed by atoms with E-state index in [0.717, 1.165) is 17.1 Å². The van der Waals surface area contributed by atoms with E-state index in [1.165, 1.54) is 95.6 Å². The quantitative estimate of drug-likeness (QED) is 0.207. The van der Waals surface area contributed by atoms with Gasteiger partial charge in [-0.25, -0.2) is 0 Å². The zero-order valence-electron chi connectivity index (χ0n) is 20.2. The van der Waals surface area contributed by atoms with Crippen molar-refractivity contribution >= 4 is 11.8 Å². The first-order chi connectivity index (χ1) is 12.9. The normalized spacial score (nSPS) is 15.7. The van der Waals surface area contributed by atoms with Crippen LogP contribution < -0.4 is 0 Å². The highest BCUT2D eigenvalue weighted by atomic mass is 32.2. The first-order valence-electron chi connectivity index (χ1n) is 12.5. The summed E-state index contributed by atoms with van der Waals surface area (Å²) < 4.78 is 0. The second-order valence-corrected chi connectivity index (χ2v) is 11.4. The third kappa shape index (κ3) is 14.9. The third-order valence-corrected chi connectivity index (χ3v) is 8.16. The molecule has 0 fully saturated rings. The summed E-state index contributed by atoms with van der Waals surface area (Å²) in [6.07, 6.45) is 20.0. The molecule has 0 bridgehead atoms. The Morgan fingerprint density at radius 3 is 1.74 bits per heavy atom. The van der Waals surface area contributed by atoms with E-state index in [4.69, 9.17) is 0 Å². The molecule has 1 heteroatoms. The summed E-state index contributed by atoms with van der Waals surface area (Å²) in [5, 5.41) is 0.905. The number of unbranched alkanes of at least 4 members (excludes halogenated alkanes) is 8. The van der Waals surface area contributed by atoms with Gasteiger partial charge in [-0.2, -0.15) is 11.8 Å². The number of thioether (sulfide) groups is 1. The molecule has 0 heterocycles. The van der Waals surface area contributed by atoms with Gasteiger partial charge in [0, 0.05) is 5.25 Å². The topological polar surface area (TPSA) is 0 Å². The molecule has 0 aliphatic rings. The molecule has 0 aliphatic heterocycles. The standard InChI is InChI=1S/C26H54S/c1-8-11-13-15-16-18-20-25(27-21-10-3)24(19-17-14-12-9-2)22-23(4)26(5,6)7/h23-25H,8-22H2,1-7H3. The van der Waals surface area contributed by atoms with Crippen LogP contribution in [0.25, 0.3) is 0 Å². The van der Waals surface area contributed by atoms with Crippen molar-refractivity contribution in [2.24, 2.45) is 17.3 Å². The van der Waals surface area contributed by atoms with Crippen molar-refractivity contribution in [1.29, 1.82) is 0 Å². The lowest BCUT2D eigenvalue weighted by Crippen LogP contribution is -2.26. The molecule has 0 amide bonds. The Labute approximate surface area is 178 Å². The predicted octanol–water partition coefficient (Wildman–Crippen LogP) is 9.91. The summed E-state index contributed by atoms with van der Waals surface area (Å²) in [4.78, 5) is 0. The molecular weight excluding hydrogens is 344 g/mol. The van der Waals surface area contributed by atoms with Crippen molar-refractivity contribution < 1.29 is 0 Å². The van der Waals surface area contributed by atoms with Crippen LogP contribution in [0.15, 0.2) is 0 Å². The van der Waals surface area contributed by atoms with Crippen LogP contribution in [0, 0.1) is 17.3 Å². The van der Waals surface area contributed by atoms with Crippen LogP contribution in [-0.2, 0) is 0 Å². The fraction of sp³-hybridized carbons (Fsp3) is 1.00. The van der Waals surface area contributed by atoms with Crippen molar-refractivity contribution in [3.05, 3.63) is 0 Å². The minimum Gasteiger partial charge on any atom is -0.158 e. The Hall–Kier alpha value is 0.350. The summed E-state index contributed by atoms with van der Waals surface area (Å²) in [6, 6.07) is 0. The lowest BCUT2D eigenvalue weighted by molar-refractivity contribution is 0.203. The minimum absolute atomic E-state index is 0.446. The predicted molar refractivity (Wildman–Crippen MR) is 130 cm³/mol. The monoisotopic (exact) mass is 398 g/mol. The molecule has 0 N–H and O–H groups in total. The summed E-state index contributed by atoms with van der Waals surface area (Å²) in [7, 11) is 0. The second-order valence-electron chi connectivity index (χ2n) is 10.1. The van der Waals surface area contributed by atoms with Gasteiger partial charge in [0.25, 0.3) is 0 Å². The van der Waals surface area contributed by atoms with Gasteiger partial charge in [-0.15, -0.1) is 0 Å². The van der Waals surface area contributed by atoms with Crippen LogP contribution in [-0.4, -0.2) is 11.0 Å². The average molecular weight is 399 g/mol. The Morgan fingerprint density at radius 2 is 1.19 bits per heavy atom. The van der Waals surface area contributed by atoms with E-state index in [1.807, 2.05) is 0 Å². The highest BCUT2D eigenvalue weighted by Gasteiger charge is 2.28. The molecule has 0 aromatic carbocycles. The van der Waals surface area contributed by atoms with Crippen LogP contribution in [0.5, 0.6) is 0 Å². The largest absolute Gasteiger partial charge is 0.158 e. The van der Waals surface area contributed by atoms with Crippen LogP contribution in [0.1, 0.15) is 138 Å². The summed E-state index contributed by atoms with van der Waals surface area (Å²) >= 11 is 2.31. The SMILES string of the molecule is CCCCCCCCC(SCCC)C(CCCCCC)CC(C)C(C)(C)C. The van der Waals surface area contributed by atoms with Crippen molar-refractivity contribution in [1.82, 2.24) is 0 Å². The van der Waals surface area contributed by atoms with Crippen LogP contribution in [0.2, 0.25) is 0 Å². The fourth-order valence-electron chi connectivity index (χ4n) is 3.95.